The van der Waals surface area contributed by atoms with E-state index >= 15 is 0 Å². The van der Waals surface area contributed by atoms with Crippen molar-refractivity contribution in [1.29, 1.82) is 0 Å². The average molecular weight is 378 g/mol. The van der Waals surface area contributed by atoms with Gasteiger partial charge in [-0.25, -0.2) is 0 Å². The van der Waals surface area contributed by atoms with Crippen molar-refractivity contribution in [3.63, 3.8) is 0 Å². The summed E-state index contributed by atoms with van der Waals surface area (Å²) in [6.45, 7) is 0. The normalized spacial score (nSPS) is 10.2. The van der Waals surface area contributed by atoms with Gasteiger partial charge in [0.15, 0.2) is 0 Å². The van der Waals surface area contributed by atoms with E-state index in [4.69, 9.17) is 16.3 Å². The molecule has 0 saturated heterocycles. The number of hydrogen-bond acceptors (Lipinski definition) is 5. The van der Waals surface area contributed by atoms with Crippen LogP contribution in [0.15, 0.2) is 36.4 Å². The first-order valence-corrected chi connectivity index (χ1v) is 7.77. The van der Waals surface area contributed by atoms with E-state index in [1.807, 2.05) is 0 Å². The fourth-order valence-corrected chi connectivity index (χ4v) is 2.39. The van der Waals surface area contributed by atoms with E-state index in [2.05, 4.69) is 5.32 Å². The maximum Gasteiger partial charge on any atom is 0.270 e. The second-order valence-electron chi connectivity index (χ2n) is 5.49. The summed E-state index contributed by atoms with van der Waals surface area (Å²) in [7, 11) is 4.63. The van der Waals surface area contributed by atoms with Gasteiger partial charge in [0.1, 0.15) is 5.75 Å². The molecule has 0 aromatic heterocycles. The van der Waals surface area contributed by atoms with Crippen molar-refractivity contribution in [1.82, 2.24) is 4.90 Å². The van der Waals surface area contributed by atoms with Gasteiger partial charge in [-0.1, -0.05) is 11.6 Å². The Morgan fingerprint density at radius 3 is 2.46 bits per heavy atom. The number of hydrogen-bond donors (Lipinski definition) is 1. The number of benzene rings is 2. The minimum Gasteiger partial charge on any atom is -0.495 e. The Labute approximate surface area is 154 Å². The number of rotatable bonds is 5. The van der Waals surface area contributed by atoms with Gasteiger partial charge in [0, 0.05) is 31.8 Å². The van der Waals surface area contributed by atoms with Crippen LogP contribution < -0.4 is 10.1 Å². The van der Waals surface area contributed by atoms with Crippen LogP contribution in [0, 0.1) is 10.1 Å². The monoisotopic (exact) mass is 377 g/mol. The predicted molar refractivity (Wildman–Crippen MR) is 97.1 cm³/mol. The van der Waals surface area contributed by atoms with Crippen LogP contribution in [0.2, 0.25) is 5.02 Å². The lowest BCUT2D eigenvalue weighted by molar-refractivity contribution is -0.384. The number of ether oxygens (including phenoxy) is 1. The summed E-state index contributed by atoms with van der Waals surface area (Å²) in [6.07, 6.45) is 0. The molecule has 1 N–H and O–H groups in total. The van der Waals surface area contributed by atoms with Crippen LogP contribution >= 0.6 is 11.6 Å². The third-order valence-corrected chi connectivity index (χ3v) is 3.84. The first-order chi connectivity index (χ1) is 12.2. The van der Waals surface area contributed by atoms with Crippen LogP contribution in [-0.2, 0) is 0 Å². The fraction of sp³-hybridized carbons (Fsp3) is 0.176. The molecule has 9 heteroatoms. The van der Waals surface area contributed by atoms with Crippen LogP contribution in [0.1, 0.15) is 20.7 Å². The second kappa shape index (κ2) is 7.83. The number of nitro groups is 1. The van der Waals surface area contributed by atoms with Crippen molar-refractivity contribution in [2.45, 2.75) is 0 Å². The van der Waals surface area contributed by atoms with Crippen molar-refractivity contribution in [3.05, 3.63) is 62.7 Å². The van der Waals surface area contributed by atoms with Crippen LogP contribution in [0.3, 0.4) is 0 Å². The van der Waals surface area contributed by atoms with E-state index in [-0.39, 0.29) is 27.9 Å². The lowest BCUT2D eigenvalue weighted by Gasteiger charge is -2.14. The van der Waals surface area contributed by atoms with Crippen molar-refractivity contribution in [2.24, 2.45) is 0 Å². The zero-order valence-corrected chi connectivity index (χ0v) is 15.0. The molecule has 26 heavy (non-hydrogen) atoms. The summed E-state index contributed by atoms with van der Waals surface area (Å²) in [5, 5.41) is 13.5. The van der Waals surface area contributed by atoms with E-state index in [1.165, 1.54) is 30.2 Å². The van der Waals surface area contributed by atoms with Gasteiger partial charge in [0.25, 0.3) is 17.5 Å². The number of carbonyl (C=O) groups is 2. The second-order valence-corrected chi connectivity index (χ2v) is 5.90. The minimum absolute atomic E-state index is 0.0626. The Balaban J connectivity index is 2.39. The van der Waals surface area contributed by atoms with Gasteiger partial charge >= 0.3 is 0 Å². The maximum absolute atomic E-state index is 12.5. The molecule has 2 aromatic carbocycles. The molecule has 0 atom stereocenters. The molecule has 0 aliphatic carbocycles. The van der Waals surface area contributed by atoms with E-state index in [9.17, 15) is 19.7 Å². The van der Waals surface area contributed by atoms with Crippen LogP contribution in [0.4, 0.5) is 11.4 Å². The number of methoxy groups -OCH3 is 1. The lowest BCUT2D eigenvalue weighted by Crippen LogP contribution is -2.22. The van der Waals surface area contributed by atoms with Crippen molar-refractivity contribution >= 4 is 34.8 Å². The smallest absolute Gasteiger partial charge is 0.270 e. The third kappa shape index (κ3) is 4.09. The predicted octanol–water partition coefficient (Wildman–Crippen LogP) is 3.21. The Morgan fingerprint density at radius 2 is 1.88 bits per heavy atom. The van der Waals surface area contributed by atoms with E-state index < -0.39 is 10.8 Å². The number of carbonyl (C=O) groups excluding carboxylic acids is 2. The number of nitrogens with zero attached hydrogens (tertiary/aromatic N) is 2. The number of nitro benzene ring substituents is 1. The molecule has 2 rings (SSSR count). The standard InChI is InChI=1S/C17H16ClN3O5/c1-20(2)17(23)10-4-7-15(26-3)14(8-10)19-16(22)12-9-11(21(24)25)5-6-13(12)18/h4-9H,1-3H3,(H,19,22). The summed E-state index contributed by atoms with van der Waals surface area (Å²) in [5.74, 6) is -0.585. The fourth-order valence-electron chi connectivity index (χ4n) is 2.19. The Hall–Kier alpha value is -3.13. The summed E-state index contributed by atoms with van der Waals surface area (Å²) < 4.78 is 5.19. The van der Waals surface area contributed by atoms with Gasteiger partial charge in [0.2, 0.25) is 0 Å². The highest BCUT2D eigenvalue weighted by Crippen LogP contribution is 2.28. The number of non-ortho nitro benzene ring substituents is 1. The zero-order valence-electron chi connectivity index (χ0n) is 14.3. The zero-order chi connectivity index (χ0) is 19.4. The van der Waals surface area contributed by atoms with Gasteiger partial charge in [-0.2, -0.15) is 0 Å². The molecule has 136 valence electrons. The molecule has 0 heterocycles. The van der Waals surface area contributed by atoms with Crippen LogP contribution in [0.25, 0.3) is 0 Å². The van der Waals surface area contributed by atoms with Gasteiger partial charge in [-0.15, -0.1) is 0 Å². The molecule has 0 aliphatic rings. The first-order valence-electron chi connectivity index (χ1n) is 7.39. The molecule has 0 radical (unpaired) electrons. The lowest BCUT2D eigenvalue weighted by atomic mass is 10.1. The van der Waals surface area contributed by atoms with Crippen LogP contribution in [0.5, 0.6) is 5.75 Å². The number of nitrogens with one attached hydrogen (secondary N) is 1. The van der Waals surface area contributed by atoms with Gasteiger partial charge < -0.3 is 15.0 Å². The number of anilines is 1. The van der Waals surface area contributed by atoms with E-state index in [0.29, 0.717) is 11.3 Å². The Bertz CT molecular complexity index is 883. The first kappa shape index (κ1) is 19.2. The Morgan fingerprint density at radius 1 is 1.19 bits per heavy atom. The summed E-state index contributed by atoms with van der Waals surface area (Å²) in [6, 6.07) is 8.13. The molecule has 8 nitrogen and oxygen atoms in total. The molecule has 2 amide bonds. The molecule has 0 spiro atoms. The van der Waals surface area contributed by atoms with Gasteiger partial charge in [-0.3, -0.25) is 19.7 Å². The molecular weight excluding hydrogens is 362 g/mol. The maximum atomic E-state index is 12.5. The average Bonchev–Trinajstić information content (AvgIpc) is 2.60. The molecule has 0 bridgehead atoms. The Kier molecular flexibility index (Phi) is 5.78. The summed E-state index contributed by atoms with van der Waals surface area (Å²) in [5.41, 5.74) is 0.263. The van der Waals surface area contributed by atoms with Gasteiger partial charge in [0.05, 0.1) is 28.3 Å². The molecule has 0 saturated carbocycles. The molecule has 2 aromatic rings. The quantitative estimate of drug-likeness (QED) is 0.636. The highest BCUT2D eigenvalue weighted by atomic mass is 35.5. The molecule has 0 fully saturated rings. The third-order valence-electron chi connectivity index (χ3n) is 3.51. The minimum atomic E-state index is -0.661. The van der Waals surface area contributed by atoms with Crippen LogP contribution in [-0.4, -0.2) is 42.8 Å². The van der Waals surface area contributed by atoms with E-state index in [1.54, 1.807) is 26.2 Å². The number of halogens is 1. The summed E-state index contributed by atoms with van der Waals surface area (Å²) >= 11 is 5.98. The SMILES string of the molecule is COc1ccc(C(=O)N(C)C)cc1NC(=O)c1cc([N+](=O)[O-])ccc1Cl. The molecule has 0 unspecified atom stereocenters. The van der Waals surface area contributed by atoms with Crippen molar-refractivity contribution < 1.29 is 19.2 Å². The topological polar surface area (TPSA) is 102 Å². The molecule has 0 aliphatic heterocycles. The molecular formula is C17H16ClN3O5. The highest BCUT2D eigenvalue weighted by Gasteiger charge is 2.18. The number of amides is 2. The largest absolute Gasteiger partial charge is 0.495 e. The van der Waals surface area contributed by atoms with Crippen molar-refractivity contribution in [3.8, 4) is 5.75 Å². The van der Waals surface area contributed by atoms with Gasteiger partial charge in [-0.05, 0) is 24.3 Å². The van der Waals surface area contributed by atoms with Crippen molar-refractivity contribution in [2.75, 3.05) is 26.5 Å². The highest BCUT2D eigenvalue weighted by molar-refractivity contribution is 6.34. The summed E-state index contributed by atoms with van der Waals surface area (Å²) in [4.78, 5) is 36.3. The van der Waals surface area contributed by atoms with E-state index in [0.717, 1.165) is 6.07 Å².